The van der Waals surface area contributed by atoms with Crippen LogP contribution in [-0.4, -0.2) is 15.7 Å². The lowest BCUT2D eigenvalue weighted by Gasteiger charge is -2.17. The number of carbonyl (C=O) groups excluding carboxylic acids is 1. The first kappa shape index (κ1) is 23.3. The summed E-state index contributed by atoms with van der Waals surface area (Å²) < 4.78 is 2.02. The fourth-order valence-corrected chi connectivity index (χ4v) is 4.42. The van der Waals surface area contributed by atoms with E-state index in [0.29, 0.717) is 0 Å². The van der Waals surface area contributed by atoms with Gasteiger partial charge in [0.15, 0.2) is 0 Å². The molecular formula is C32H28N3O. The number of hydrogen-bond acceptors (Lipinski definition) is 2. The molecule has 5 aromatic rings. The Labute approximate surface area is 212 Å². The summed E-state index contributed by atoms with van der Waals surface area (Å²) in [6.45, 7) is 2.82. The van der Waals surface area contributed by atoms with Crippen LogP contribution in [0.25, 0.3) is 11.1 Å². The highest BCUT2D eigenvalue weighted by atomic mass is 16.1. The molecule has 0 atom stereocenters. The van der Waals surface area contributed by atoms with Gasteiger partial charge in [0.25, 0.3) is 0 Å². The molecule has 0 unspecified atom stereocenters. The zero-order chi connectivity index (χ0) is 24.7. The van der Waals surface area contributed by atoms with Crippen LogP contribution in [0.1, 0.15) is 28.3 Å². The molecule has 0 fully saturated rings. The highest BCUT2D eigenvalue weighted by Gasteiger charge is 2.19. The lowest BCUT2D eigenvalue weighted by Crippen LogP contribution is -2.17. The van der Waals surface area contributed by atoms with Gasteiger partial charge in [-0.3, -0.25) is 9.48 Å². The Kier molecular flexibility index (Phi) is 7.04. The maximum absolute atomic E-state index is 13.0. The average Bonchev–Trinajstić information content (AvgIpc) is 3.29. The lowest BCUT2D eigenvalue weighted by molar-refractivity contribution is -0.113. The van der Waals surface area contributed by atoms with Crippen LogP contribution < -0.4 is 5.32 Å². The molecule has 0 aliphatic rings. The Bertz CT molecular complexity index is 1370. The van der Waals surface area contributed by atoms with E-state index < -0.39 is 0 Å². The number of carbonyl (C=O) groups is 1. The number of rotatable bonds is 8. The van der Waals surface area contributed by atoms with Crippen LogP contribution >= 0.6 is 0 Å². The fraction of sp³-hybridized carbons (Fsp3) is 0.0938. The first-order chi connectivity index (χ1) is 17.7. The summed E-state index contributed by atoms with van der Waals surface area (Å²) in [4.78, 5) is 13.0. The molecule has 0 spiro atoms. The van der Waals surface area contributed by atoms with Gasteiger partial charge in [0.05, 0.1) is 19.2 Å². The van der Waals surface area contributed by atoms with E-state index in [4.69, 9.17) is 0 Å². The quantitative estimate of drug-likeness (QED) is 0.269. The molecule has 4 aromatic carbocycles. The molecule has 0 saturated carbocycles. The smallest absolute Gasteiger partial charge is 0.229 e. The number of amides is 1. The van der Waals surface area contributed by atoms with Crippen molar-refractivity contribution in [2.45, 2.75) is 19.4 Å². The Balaban J connectivity index is 1.28. The van der Waals surface area contributed by atoms with Gasteiger partial charge in [0.2, 0.25) is 5.91 Å². The molecule has 177 valence electrons. The van der Waals surface area contributed by atoms with E-state index in [1.165, 1.54) is 5.56 Å². The molecule has 4 nitrogen and oxygen atoms in total. The van der Waals surface area contributed by atoms with Crippen LogP contribution in [0, 0.1) is 13.3 Å². The van der Waals surface area contributed by atoms with Crippen LogP contribution in [0.3, 0.4) is 0 Å². The van der Waals surface area contributed by atoms with Crippen molar-refractivity contribution in [1.82, 2.24) is 9.78 Å². The first-order valence-corrected chi connectivity index (χ1v) is 12.1. The fourth-order valence-electron chi connectivity index (χ4n) is 4.42. The van der Waals surface area contributed by atoms with Crippen molar-refractivity contribution in [3.05, 3.63) is 150 Å². The third-order valence-corrected chi connectivity index (χ3v) is 6.38. The van der Waals surface area contributed by atoms with Gasteiger partial charge in [-0.1, -0.05) is 103 Å². The summed E-state index contributed by atoms with van der Waals surface area (Å²) in [6, 6.07) is 38.4. The van der Waals surface area contributed by atoms with E-state index in [1.807, 2.05) is 89.7 Å². The minimum absolute atomic E-state index is 0.121. The molecule has 0 bridgehead atoms. The summed E-state index contributed by atoms with van der Waals surface area (Å²) in [5.41, 5.74) is 7.40. The third-order valence-electron chi connectivity index (χ3n) is 6.38. The van der Waals surface area contributed by atoms with Crippen molar-refractivity contribution in [1.29, 1.82) is 0 Å². The summed E-state index contributed by atoms with van der Waals surface area (Å²) >= 11 is 0. The highest BCUT2D eigenvalue weighted by molar-refractivity contribution is 5.98. The lowest BCUT2D eigenvalue weighted by atomic mass is 9.88. The summed E-state index contributed by atoms with van der Waals surface area (Å²) in [5, 5.41) is 7.62. The Morgan fingerprint density at radius 1 is 0.806 bits per heavy atom. The molecule has 0 saturated heterocycles. The van der Waals surface area contributed by atoms with Gasteiger partial charge in [-0.2, -0.15) is 5.10 Å². The number of nitrogens with one attached hydrogen (secondary N) is 1. The minimum Gasteiger partial charge on any atom is -0.326 e. The van der Waals surface area contributed by atoms with Gasteiger partial charge < -0.3 is 5.32 Å². The second-order valence-electron chi connectivity index (χ2n) is 8.82. The van der Waals surface area contributed by atoms with Crippen molar-refractivity contribution in [3.63, 3.8) is 0 Å². The van der Waals surface area contributed by atoms with Gasteiger partial charge in [0.1, 0.15) is 0 Å². The van der Waals surface area contributed by atoms with Crippen molar-refractivity contribution < 1.29 is 4.79 Å². The number of nitrogens with zero attached hydrogens (tertiary/aromatic N) is 2. The number of anilines is 1. The van der Waals surface area contributed by atoms with Crippen molar-refractivity contribution in [2.75, 3.05) is 5.32 Å². The van der Waals surface area contributed by atoms with E-state index in [2.05, 4.69) is 53.7 Å². The summed E-state index contributed by atoms with van der Waals surface area (Å²) in [6.07, 6.45) is 3.65. The summed E-state index contributed by atoms with van der Waals surface area (Å²) in [7, 11) is 0. The molecule has 1 amide bonds. The number of aromatic nitrogens is 2. The van der Waals surface area contributed by atoms with Crippen LogP contribution in [-0.2, 0) is 11.3 Å². The van der Waals surface area contributed by atoms with Crippen molar-refractivity contribution in [3.8, 4) is 11.1 Å². The third kappa shape index (κ3) is 5.44. The normalized spacial score (nSPS) is 10.9. The molecule has 4 heteroatoms. The first-order valence-electron chi connectivity index (χ1n) is 12.1. The molecule has 1 radical (unpaired) electrons. The molecule has 0 aliphatic carbocycles. The molecule has 36 heavy (non-hydrogen) atoms. The van der Waals surface area contributed by atoms with Crippen LogP contribution in [0.15, 0.2) is 121 Å². The largest absolute Gasteiger partial charge is 0.326 e. The zero-order valence-electron chi connectivity index (χ0n) is 20.2. The second kappa shape index (κ2) is 10.9. The molecular weight excluding hydrogens is 442 g/mol. The van der Waals surface area contributed by atoms with Gasteiger partial charge in [-0.25, -0.2) is 0 Å². The maximum atomic E-state index is 13.0. The predicted molar refractivity (Wildman–Crippen MR) is 146 cm³/mol. The second-order valence-corrected chi connectivity index (χ2v) is 8.82. The predicted octanol–water partition coefficient (Wildman–Crippen LogP) is 6.88. The standard InChI is InChI=1S/C32H28N3O/c1-24-31(22-33-35(24)23-25-11-5-2-6-12-25)28-17-19-29(20-18-28)34-32(36)21-30(26-13-7-3-8-14-26)27-15-9-4-10-16-27/h2-22,30H,23H2,1H3,(H,34,36). The Hall–Kier alpha value is -4.44. The topological polar surface area (TPSA) is 46.9 Å². The number of hydrogen-bond donors (Lipinski definition) is 1. The monoisotopic (exact) mass is 470 g/mol. The van der Waals surface area contributed by atoms with Crippen molar-refractivity contribution >= 4 is 11.6 Å². The minimum atomic E-state index is -0.132. The van der Waals surface area contributed by atoms with Crippen molar-refractivity contribution in [2.24, 2.45) is 0 Å². The Morgan fingerprint density at radius 3 is 1.94 bits per heavy atom. The highest BCUT2D eigenvalue weighted by Crippen LogP contribution is 2.28. The molecule has 5 rings (SSSR count). The average molecular weight is 471 g/mol. The Morgan fingerprint density at radius 2 is 1.36 bits per heavy atom. The zero-order valence-corrected chi connectivity index (χ0v) is 20.2. The van der Waals surface area contributed by atoms with Gasteiger partial charge in [0, 0.05) is 22.9 Å². The van der Waals surface area contributed by atoms with E-state index in [-0.39, 0.29) is 11.8 Å². The molecule has 1 N–H and O–H groups in total. The summed E-state index contributed by atoms with van der Waals surface area (Å²) in [5.74, 6) is -0.253. The van der Waals surface area contributed by atoms with Gasteiger partial charge >= 0.3 is 0 Å². The number of benzene rings is 4. The van der Waals surface area contributed by atoms with Crippen LogP contribution in [0.4, 0.5) is 5.69 Å². The van der Waals surface area contributed by atoms with E-state index in [9.17, 15) is 4.79 Å². The van der Waals surface area contributed by atoms with Gasteiger partial charge in [-0.05, 0) is 41.3 Å². The van der Waals surface area contributed by atoms with E-state index in [1.54, 1.807) is 6.42 Å². The molecule has 1 aromatic heterocycles. The maximum Gasteiger partial charge on any atom is 0.229 e. The molecule has 1 heterocycles. The van der Waals surface area contributed by atoms with E-state index >= 15 is 0 Å². The molecule has 0 aliphatic heterocycles. The van der Waals surface area contributed by atoms with Crippen LogP contribution in [0.5, 0.6) is 0 Å². The van der Waals surface area contributed by atoms with Crippen LogP contribution in [0.2, 0.25) is 0 Å². The van der Waals surface area contributed by atoms with E-state index in [0.717, 1.165) is 40.2 Å². The SMILES string of the molecule is Cc1c(-c2ccc(NC(=O)[CH]C(c3ccccc3)c3ccccc3)cc2)cnn1Cc1ccccc1. The van der Waals surface area contributed by atoms with Gasteiger partial charge in [-0.15, -0.1) is 0 Å².